The fraction of sp³-hybridized carbons (Fsp3) is 0.222. The largest absolute Gasteiger partial charge is 0.416 e. The van der Waals surface area contributed by atoms with E-state index < -0.39 is 33.5 Å². The normalized spacial score (nSPS) is 12.7. The number of halogens is 4. The first-order valence-corrected chi connectivity index (χ1v) is 10.9. The molecule has 0 spiro atoms. The first kappa shape index (κ1) is 25.6. The van der Waals surface area contributed by atoms with Gasteiger partial charge in [0, 0.05) is 23.0 Å². The predicted octanol–water partition coefficient (Wildman–Crippen LogP) is 3.34. The topological polar surface area (TPSA) is 107 Å². The number of aromatic nitrogens is 4. The second-order valence-corrected chi connectivity index (χ2v) is 9.03. The SMILES string of the molecule is C[C@@H](NC(=O)c1cc(Cl)cc(S(C)(=O)=O)c1)c1ncnn1-c1cc(C(F)(F)F)ccn1.S. The number of pyridine rings is 1. The number of nitrogens with one attached hydrogen (secondary N) is 1. The van der Waals surface area contributed by atoms with Gasteiger partial charge in [-0.3, -0.25) is 4.79 Å². The van der Waals surface area contributed by atoms with E-state index in [0.29, 0.717) is 0 Å². The van der Waals surface area contributed by atoms with Crippen LogP contribution >= 0.6 is 25.1 Å². The third-order valence-electron chi connectivity index (χ3n) is 4.16. The van der Waals surface area contributed by atoms with E-state index in [1.165, 1.54) is 25.1 Å². The molecule has 1 atom stereocenters. The van der Waals surface area contributed by atoms with Gasteiger partial charge in [0.05, 0.1) is 16.5 Å². The van der Waals surface area contributed by atoms with E-state index in [-0.39, 0.29) is 40.6 Å². The molecular weight excluding hydrogens is 491 g/mol. The molecule has 0 aliphatic carbocycles. The lowest BCUT2D eigenvalue weighted by Crippen LogP contribution is -2.29. The molecule has 3 aromatic rings. The number of amides is 1. The number of rotatable bonds is 5. The number of nitrogens with zero attached hydrogens (tertiary/aromatic N) is 4. The Kier molecular flexibility index (Phi) is 7.58. The highest BCUT2D eigenvalue weighted by atomic mass is 35.5. The third-order valence-corrected chi connectivity index (χ3v) is 5.47. The maximum atomic E-state index is 13.0. The van der Waals surface area contributed by atoms with Crippen molar-refractivity contribution in [3.8, 4) is 5.82 Å². The van der Waals surface area contributed by atoms with Crippen molar-refractivity contribution in [3.63, 3.8) is 0 Å². The Morgan fingerprint density at radius 3 is 2.50 bits per heavy atom. The molecule has 172 valence electrons. The van der Waals surface area contributed by atoms with E-state index >= 15 is 0 Å². The molecule has 0 saturated carbocycles. The minimum atomic E-state index is -4.57. The summed E-state index contributed by atoms with van der Waals surface area (Å²) >= 11 is 5.92. The van der Waals surface area contributed by atoms with Crippen LogP contribution in [0, 0.1) is 0 Å². The molecule has 0 aliphatic rings. The van der Waals surface area contributed by atoms with E-state index in [9.17, 15) is 26.4 Å². The molecule has 0 unspecified atom stereocenters. The molecule has 14 heteroatoms. The third kappa shape index (κ3) is 5.78. The quantitative estimate of drug-likeness (QED) is 0.567. The van der Waals surface area contributed by atoms with Crippen LogP contribution in [0.3, 0.4) is 0 Å². The van der Waals surface area contributed by atoms with E-state index in [0.717, 1.165) is 35.6 Å². The molecular formula is C18H17ClF3N5O3S2. The van der Waals surface area contributed by atoms with Crippen molar-refractivity contribution in [1.29, 1.82) is 0 Å². The smallest absolute Gasteiger partial charge is 0.342 e. The predicted molar refractivity (Wildman–Crippen MR) is 115 cm³/mol. The molecule has 0 fully saturated rings. The zero-order valence-corrected chi connectivity index (χ0v) is 19.1. The minimum absolute atomic E-state index is 0. The van der Waals surface area contributed by atoms with Crippen molar-refractivity contribution in [2.45, 2.75) is 24.0 Å². The highest BCUT2D eigenvalue weighted by Crippen LogP contribution is 2.30. The van der Waals surface area contributed by atoms with Crippen LogP contribution in [0.15, 0.2) is 47.8 Å². The Labute approximate surface area is 193 Å². The maximum absolute atomic E-state index is 13.0. The van der Waals surface area contributed by atoms with Gasteiger partial charge in [-0.1, -0.05) is 11.6 Å². The highest BCUT2D eigenvalue weighted by Gasteiger charge is 2.31. The van der Waals surface area contributed by atoms with Crippen LogP contribution in [0.25, 0.3) is 5.82 Å². The Morgan fingerprint density at radius 2 is 1.88 bits per heavy atom. The van der Waals surface area contributed by atoms with Gasteiger partial charge >= 0.3 is 6.18 Å². The van der Waals surface area contributed by atoms with Gasteiger partial charge in [-0.05, 0) is 37.3 Å². The molecule has 3 rings (SSSR count). The van der Waals surface area contributed by atoms with Gasteiger partial charge in [0.15, 0.2) is 21.5 Å². The number of carbonyl (C=O) groups excluding carboxylic acids is 1. The second-order valence-electron chi connectivity index (χ2n) is 6.57. The number of alkyl halides is 3. The lowest BCUT2D eigenvalue weighted by Gasteiger charge is -2.15. The van der Waals surface area contributed by atoms with Crippen molar-refractivity contribution >= 4 is 40.8 Å². The summed E-state index contributed by atoms with van der Waals surface area (Å²) in [5, 5.41) is 6.54. The average Bonchev–Trinajstić information content (AvgIpc) is 3.16. The first-order valence-electron chi connectivity index (χ1n) is 8.61. The van der Waals surface area contributed by atoms with Gasteiger partial charge in [0.1, 0.15) is 6.33 Å². The van der Waals surface area contributed by atoms with Crippen LogP contribution in [0.4, 0.5) is 13.2 Å². The number of hydrogen-bond acceptors (Lipinski definition) is 6. The Morgan fingerprint density at radius 1 is 1.19 bits per heavy atom. The molecule has 1 N–H and O–H groups in total. The Hall–Kier alpha value is -2.64. The monoisotopic (exact) mass is 507 g/mol. The molecule has 2 heterocycles. The lowest BCUT2D eigenvalue weighted by molar-refractivity contribution is -0.137. The standard InChI is InChI=1S/C18H15ClF3N5O3S.H2S/c1-10(26-17(28)11-5-13(19)8-14(6-11)31(2,29)30)16-24-9-25-27(16)15-7-12(3-4-23-15)18(20,21)22;/h3-10H,1-2H3,(H,26,28);1H2/t10-;/m1./s1. The zero-order chi connectivity index (χ0) is 23.0. The van der Waals surface area contributed by atoms with E-state index in [2.05, 4.69) is 20.4 Å². The molecule has 0 radical (unpaired) electrons. The Balaban J connectivity index is 0.00000363. The van der Waals surface area contributed by atoms with Crippen molar-refractivity contribution < 1.29 is 26.4 Å². The fourth-order valence-corrected chi connectivity index (χ4v) is 3.67. The second kappa shape index (κ2) is 9.46. The molecule has 32 heavy (non-hydrogen) atoms. The summed E-state index contributed by atoms with van der Waals surface area (Å²) in [5.74, 6) is -0.678. The lowest BCUT2D eigenvalue weighted by atomic mass is 10.2. The van der Waals surface area contributed by atoms with Crippen LogP contribution in [-0.4, -0.2) is 40.3 Å². The summed E-state index contributed by atoms with van der Waals surface area (Å²) in [7, 11) is -3.60. The summed E-state index contributed by atoms with van der Waals surface area (Å²) < 4.78 is 63.6. The molecule has 1 amide bonds. The summed E-state index contributed by atoms with van der Waals surface area (Å²) in [6, 6.07) is 4.49. The molecule has 0 saturated heterocycles. The molecule has 8 nitrogen and oxygen atoms in total. The van der Waals surface area contributed by atoms with Crippen molar-refractivity contribution in [2.75, 3.05) is 6.26 Å². The molecule has 0 bridgehead atoms. The summed E-state index contributed by atoms with van der Waals surface area (Å²) in [4.78, 5) is 20.4. The van der Waals surface area contributed by atoms with Crippen molar-refractivity contribution in [3.05, 3.63) is 64.8 Å². The summed E-state index contributed by atoms with van der Waals surface area (Å²) in [6.07, 6.45) is -1.48. The minimum Gasteiger partial charge on any atom is -0.342 e. The average molecular weight is 508 g/mol. The molecule has 2 aromatic heterocycles. The van der Waals surface area contributed by atoms with Crippen LogP contribution in [-0.2, 0) is 16.0 Å². The van der Waals surface area contributed by atoms with E-state index in [1.807, 2.05) is 0 Å². The zero-order valence-electron chi connectivity index (χ0n) is 16.6. The van der Waals surface area contributed by atoms with Gasteiger partial charge < -0.3 is 5.32 Å². The highest BCUT2D eigenvalue weighted by molar-refractivity contribution is 7.90. The van der Waals surface area contributed by atoms with Crippen LogP contribution in [0.2, 0.25) is 5.02 Å². The van der Waals surface area contributed by atoms with Gasteiger partial charge in [0.25, 0.3) is 5.91 Å². The number of hydrogen-bond donors (Lipinski definition) is 1. The van der Waals surface area contributed by atoms with Gasteiger partial charge in [-0.2, -0.15) is 36.4 Å². The van der Waals surface area contributed by atoms with Crippen molar-refractivity contribution in [2.24, 2.45) is 0 Å². The fourth-order valence-electron chi connectivity index (χ4n) is 2.69. The molecule has 0 aliphatic heterocycles. The molecule has 1 aromatic carbocycles. The number of carbonyl (C=O) groups is 1. The maximum Gasteiger partial charge on any atom is 0.416 e. The van der Waals surface area contributed by atoms with Crippen molar-refractivity contribution in [1.82, 2.24) is 25.1 Å². The van der Waals surface area contributed by atoms with Gasteiger partial charge in [-0.25, -0.2) is 18.4 Å². The van der Waals surface area contributed by atoms with Gasteiger partial charge in [-0.15, -0.1) is 0 Å². The first-order chi connectivity index (χ1) is 14.4. The number of sulfone groups is 1. The number of benzene rings is 1. The van der Waals surface area contributed by atoms with Crippen LogP contribution < -0.4 is 5.32 Å². The van der Waals surface area contributed by atoms with Crippen LogP contribution in [0.5, 0.6) is 0 Å². The van der Waals surface area contributed by atoms with E-state index in [4.69, 9.17) is 11.6 Å². The van der Waals surface area contributed by atoms with Crippen LogP contribution in [0.1, 0.15) is 34.7 Å². The summed E-state index contributed by atoms with van der Waals surface area (Å²) in [5.41, 5.74) is -0.925. The van der Waals surface area contributed by atoms with Gasteiger partial charge in [0.2, 0.25) is 0 Å². The summed E-state index contributed by atoms with van der Waals surface area (Å²) in [6.45, 7) is 1.54. The van der Waals surface area contributed by atoms with E-state index in [1.54, 1.807) is 0 Å². The Bertz CT molecular complexity index is 1250.